The second kappa shape index (κ2) is 11.0. The van der Waals surface area contributed by atoms with Gasteiger partial charge in [-0.2, -0.15) is 0 Å². The van der Waals surface area contributed by atoms with Crippen molar-refractivity contribution in [3.8, 4) is 16.3 Å². The second-order valence-corrected chi connectivity index (χ2v) is 12.0. The van der Waals surface area contributed by atoms with Crippen LogP contribution in [0, 0.1) is 23.6 Å². The van der Waals surface area contributed by atoms with Crippen molar-refractivity contribution < 1.29 is 14.2 Å². The summed E-state index contributed by atoms with van der Waals surface area (Å²) < 4.78 is 19.2. The van der Waals surface area contributed by atoms with Gasteiger partial charge in [0.15, 0.2) is 5.82 Å². The predicted molar refractivity (Wildman–Crippen MR) is 159 cm³/mol. The molecule has 10 heteroatoms. The molecule has 208 valence electrons. The molecular formula is C31H27ClFN5O2S. The maximum atomic E-state index is 13.4. The van der Waals surface area contributed by atoms with Gasteiger partial charge in [0.1, 0.15) is 39.9 Å². The van der Waals surface area contributed by atoms with Crippen molar-refractivity contribution in [1.29, 1.82) is 0 Å². The van der Waals surface area contributed by atoms with E-state index in [-0.39, 0.29) is 12.4 Å². The molecule has 5 aromatic rings. The molecular weight excluding hydrogens is 561 g/mol. The monoisotopic (exact) mass is 587 g/mol. The lowest BCUT2D eigenvalue weighted by atomic mass is 10.1. The first kappa shape index (κ1) is 26.3. The first-order chi connectivity index (χ1) is 20.0. The summed E-state index contributed by atoms with van der Waals surface area (Å²) in [5.41, 5.74) is 4.46. The van der Waals surface area contributed by atoms with Crippen LogP contribution in [0.3, 0.4) is 0 Å². The van der Waals surface area contributed by atoms with E-state index in [2.05, 4.69) is 44.5 Å². The first-order valence-corrected chi connectivity index (χ1v) is 14.7. The van der Waals surface area contributed by atoms with Crippen LogP contribution in [-0.4, -0.2) is 44.7 Å². The van der Waals surface area contributed by atoms with Crippen LogP contribution in [0.4, 0.5) is 15.9 Å². The maximum absolute atomic E-state index is 13.4. The van der Waals surface area contributed by atoms with Gasteiger partial charge in [-0.05, 0) is 59.2 Å². The molecule has 3 aromatic carbocycles. The van der Waals surface area contributed by atoms with Gasteiger partial charge in [-0.15, -0.1) is 0 Å². The molecule has 7 rings (SSSR count). The summed E-state index contributed by atoms with van der Waals surface area (Å²) in [5, 5.41) is 14.0. The molecule has 2 aromatic heterocycles. The Morgan fingerprint density at radius 3 is 2.61 bits per heavy atom. The molecule has 2 aliphatic rings. The molecule has 0 bridgehead atoms. The van der Waals surface area contributed by atoms with E-state index in [9.17, 15) is 9.50 Å². The van der Waals surface area contributed by atoms with Gasteiger partial charge in [-0.3, -0.25) is 4.90 Å². The fourth-order valence-electron chi connectivity index (χ4n) is 5.74. The zero-order chi connectivity index (χ0) is 27.9. The number of hydrogen-bond donors (Lipinski definition) is 2. The third-order valence-electron chi connectivity index (χ3n) is 7.94. The highest BCUT2D eigenvalue weighted by Gasteiger charge is 2.54. The molecule has 7 nitrogen and oxygen atoms in total. The van der Waals surface area contributed by atoms with Gasteiger partial charge in [0.05, 0.1) is 5.02 Å². The zero-order valence-corrected chi connectivity index (χ0v) is 23.6. The molecule has 1 unspecified atom stereocenters. The normalized spacial score (nSPS) is 19.8. The van der Waals surface area contributed by atoms with Crippen molar-refractivity contribution in [2.45, 2.75) is 13.2 Å². The molecule has 1 aliphatic carbocycles. The summed E-state index contributed by atoms with van der Waals surface area (Å²) in [5.74, 6) is 2.68. The molecule has 3 atom stereocenters. The summed E-state index contributed by atoms with van der Waals surface area (Å²) in [6.45, 7) is 3.64. The van der Waals surface area contributed by atoms with Gasteiger partial charge in [-0.25, -0.2) is 19.3 Å². The Bertz CT molecular complexity index is 1700. The zero-order valence-electron chi connectivity index (χ0n) is 22.0. The molecule has 0 radical (unpaired) electrons. The summed E-state index contributed by atoms with van der Waals surface area (Å²) in [6, 6.07) is 20.2. The van der Waals surface area contributed by atoms with E-state index in [0.717, 1.165) is 46.3 Å². The molecule has 0 amide bonds. The number of anilines is 2. The maximum Gasteiger partial charge on any atom is 0.161 e. The van der Waals surface area contributed by atoms with Gasteiger partial charge < -0.3 is 15.2 Å². The van der Waals surface area contributed by atoms with Crippen LogP contribution in [0.25, 0.3) is 20.9 Å². The quantitative estimate of drug-likeness (QED) is 0.203. The number of thiazole rings is 1. The number of aromatic nitrogens is 3. The van der Waals surface area contributed by atoms with Crippen molar-refractivity contribution >= 4 is 44.8 Å². The molecule has 41 heavy (non-hydrogen) atoms. The predicted octanol–water partition coefficient (Wildman–Crippen LogP) is 6.54. The average Bonchev–Trinajstić information content (AvgIpc) is 3.26. The third kappa shape index (κ3) is 5.50. The van der Waals surface area contributed by atoms with Crippen LogP contribution < -0.4 is 10.1 Å². The molecule has 1 saturated heterocycles. The Hall–Kier alpha value is -3.63. The van der Waals surface area contributed by atoms with Crippen molar-refractivity contribution in [3.63, 3.8) is 0 Å². The van der Waals surface area contributed by atoms with Crippen LogP contribution in [0.5, 0.6) is 5.75 Å². The number of nitrogens with one attached hydrogen (secondary N) is 1. The minimum absolute atomic E-state index is 0.212. The number of likely N-dealkylation sites (tertiary alicyclic amines) is 1. The minimum atomic E-state index is -0.304. The lowest BCUT2D eigenvalue weighted by Gasteiger charge is -2.19. The molecule has 2 fully saturated rings. The third-order valence-corrected chi connectivity index (χ3v) is 9.25. The Balaban J connectivity index is 1.03. The summed E-state index contributed by atoms with van der Waals surface area (Å²) in [6.07, 6.45) is 1.52. The van der Waals surface area contributed by atoms with Crippen LogP contribution >= 0.6 is 22.9 Å². The first-order valence-electron chi connectivity index (χ1n) is 13.5. The summed E-state index contributed by atoms with van der Waals surface area (Å²) in [4.78, 5) is 17.0. The van der Waals surface area contributed by atoms with Gasteiger partial charge in [0.2, 0.25) is 0 Å². The smallest absolute Gasteiger partial charge is 0.161 e. The fourth-order valence-corrected chi connectivity index (χ4v) is 6.88. The largest absolute Gasteiger partial charge is 0.487 e. The number of ether oxygens (including phenoxy) is 1. The Morgan fingerprint density at radius 1 is 1.02 bits per heavy atom. The van der Waals surface area contributed by atoms with E-state index in [4.69, 9.17) is 21.3 Å². The number of rotatable bonds is 9. The number of halogens is 2. The number of nitrogens with zero attached hydrogens (tertiary/aromatic N) is 4. The Kier molecular flexibility index (Phi) is 7.04. The van der Waals surface area contributed by atoms with Crippen LogP contribution in [-0.2, 0) is 13.2 Å². The average molecular weight is 588 g/mol. The topological polar surface area (TPSA) is 83.4 Å². The van der Waals surface area contributed by atoms with Crippen LogP contribution in [0.15, 0.2) is 73.1 Å². The minimum Gasteiger partial charge on any atom is -0.487 e. The van der Waals surface area contributed by atoms with E-state index in [1.807, 2.05) is 6.07 Å². The highest BCUT2D eigenvalue weighted by atomic mass is 35.5. The molecule has 1 aliphatic heterocycles. The van der Waals surface area contributed by atoms with Crippen molar-refractivity contribution in [2.24, 2.45) is 17.8 Å². The Labute approximate surface area is 245 Å². The van der Waals surface area contributed by atoms with Crippen molar-refractivity contribution in [3.05, 3.63) is 95.0 Å². The number of piperidine rings is 1. The Morgan fingerprint density at radius 2 is 1.85 bits per heavy atom. The van der Waals surface area contributed by atoms with Gasteiger partial charge in [0.25, 0.3) is 0 Å². The van der Waals surface area contributed by atoms with Crippen LogP contribution in [0.2, 0.25) is 5.02 Å². The van der Waals surface area contributed by atoms with E-state index in [1.165, 1.54) is 35.4 Å². The second-order valence-electron chi connectivity index (χ2n) is 10.6. The molecule has 3 heterocycles. The van der Waals surface area contributed by atoms with Gasteiger partial charge in [0, 0.05) is 37.5 Å². The summed E-state index contributed by atoms with van der Waals surface area (Å²) in [7, 11) is 0. The van der Waals surface area contributed by atoms with E-state index in [0.29, 0.717) is 46.5 Å². The number of aliphatic hydroxyl groups excluding tert-OH is 1. The standard InChI is InChI=1S/C31H27ClFN5O2S/c32-26-11-22(8-9-27(26)40-16-19-2-1-3-21(33)10-19)36-29-28-31(35-17-34-29)41-30(37-28)20-6-4-18(5-7-20)12-38-13-23-24(14-38)25(23)15-39/h1-11,17,23-25,39H,12-16H2,(H,34,35,36)/t23-,24+,25?. The SMILES string of the molecule is OCC1[C@H]2CN(Cc3ccc(-c4nc5c(Nc6ccc(OCc7cccc(F)c7)c(Cl)c6)ncnc5s4)cc3)C[C@@H]12. The molecule has 0 spiro atoms. The lowest BCUT2D eigenvalue weighted by molar-refractivity contribution is 0.217. The highest BCUT2D eigenvalue weighted by Crippen LogP contribution is 2.51. The van der Waals surface area contributed by atoms with E-state index < -0.39 is 0 Å². The van der Waals surface area contributed by atoms with E-state index in [1.54, 1.807) is 24.3 Å². The number of aliphatic hydroxyl groups is 1. The van der Waals surface area contributed by atoms with Crippen LogP contribution in [0.1, 0.15) is 11.1 Å². The summed E-state index contributed by atoms with van der Waals surface area (Å²) >= 11 is 8.01. The van der Waals surface area contributed by atoms with E-state index >= 15 is 0 Å². The highest BCUT2D eigenvalue weighted by molar-refractivity contribution is 7.21. The van der Waals surface area contributed by atoms with Crippen molar-refractivity contribution in [1.82, 2.24) is 19.9 Å². The fraction of sp³-hybridized carbons (Fsp3) is 0.258. The van der Waals surface area contributed by atoms with Crippen molar-refractivity contribution in [2.75, 3.05) is 25.0 Å². The number of hydrogen-bond acceptors (Lipinski definition) is 8. The lowest BCUT2D eigenvalue weighted by Crippen LogP contribution is -2.24. The number of benzene rings is 3. The molecule has 1 saturated carbocycles. The van der Waals surface area contributed by atoms with Gasteiger partial charge in [-0.1, -0.05) is 59.3 Å². The van der Waals surface area contributed by atoms with Gasteiger partial charge >= 0.3 is 0 Å². The number of fused-ring (bicyclic) bond motifs is 2. The molecule has 2 N–H and O–H groups in total.